The number of carbonyl (C=O) groups excluding carboxylic acids is 1. The van der Waals surface area contributed by atoms with Crippen molar-refractivity contribution in [2.75, 3.05) is 42.5 Å². The van der Waals surface area contributed by atoms with Crippen molar-refractivity contribution in [3.05, 3.63) is 0 Å². The number of nitrogens with zero attached hydrogens (tertiary/aromatic N) is 5. The van der Waals surface area contributed by atoms with Crippen LogP contribution in [-0.4, -0.2) is 59.8 Å². The van der Waals surface area contributed by atoms with Gasteiger partial charge in [0.05, 0.1) is 0 Å². The molecular formula is C14H21N5OS. The van der Waals surface area contributed by atoms with Crippen molar-refractivity contribution in [3.8, 4) is 0 Å². The predicted octanol–water partition coefficient (Wildman–Crippen LogP) is 1.34. The van der Waals surface area contributed by atoms with Gasteiger partial charge in [-0.15, -0.1) is 10.2 Å². The highest BCUT2D eigenvalue weighted by atomic mass is 32.1. The molecule has 0 bridgehead atoms. The minimum Gasteiger partial charge on any atom is -0.344 e. The zero-order valence-electron chi connectivity index (χ0n) is 12.2. The Labute approximate surface area is 128 Å². The van der Waals surface area contributed by atoms with E-state index in [0.29, 0.717) is 12.5 Å². The lowest BCUT2D eigenvalue weighted by Gasteiger charge is -2.37. The van der Waals surface area contributed by atoms with Gasteiger partial charge in [0, 0.05) is 38.6 Å². The van der Waals surface area contributed by atoms with E-state index in [2.05, 4.69) is 20.0 Å². The lowest BCUT2D eigenvalue weighted by Crippen LogP contribution is -2.50. The van der Waals surface area contributed by atoms with Crippen molar-refractivity contribution < 1.29 is 4.79 Å². The minimum atomic E-state index is 0.199. The maximum absolute atomic E-state index is 12.0. The maximum Gasteiger partial charge on any atom is 0.228 e. The maximum atomic E-state index is 12.0. The summed E-state index contributed by atoms with van der Waals surface area (Å²) in [5.74, 6) is 0.199. The molecule has 1 aromatic rings. The molecule has 4 heterocycles. The molecule has 1 amide bonds. The van der Waals surface area contributed by atoms with Crippen LogP contribution >= 0.6 is 11.3 Å². The normalized spacial score (nSPS) is 27.2. The highest BCUT2D eigenvalue weighted by Crippen LogP contribution is 2.32. The molecule has 1 unspecified atom stereocenters. The Bertz CT molecular complexity index is 533. The zero-order chi connectivity index (χ0) is 14.2. The molecule has 3 fully saturated rings. The molecule has 0 aliphatic carbocycles. The van der Waals surface area contributed by atoms with Crippen LogP contribution in [0.15, 0.2) is 0 Å². The van der Waals surface area contributed by atoms with E-state index in [1.165, 1.54) is 19.4 Å². The fourth-order valence-electron chi connectivity index (χ4n) is 3.62. The second-order valence-electron chi connectivity index (χ2n) is 6.15. The van der Waals surface area contributed by atoms with E-state index < -0.39 is 0 Å². The van der Waals surface area contributed by atoms with Gasteiger partial charge < -0.3 is 4.90 Å². The van der Waals surface area contributed by atoms with Crippen LogP contribution in [0, 0.1) is 0 Å². The Balaban J connectivity index is 1.48. The first-order valence-corrected chi connectivity index (χ1v) is 8.76. The van der Waals surface area contributed by atoms with Crippen LogP contribution in [0.4, 0.5) is 10.3 Å². The number of fused-ring (bicyclic) bond motifs is 1. The molecular weight excluding hydrogens is 286 g/mol. The van der Waals surface area contributed by atoms with Crippen molar-refractivity contribution in [3.63, 3.8) is 0 Å². The van der Waals surface area contributed by atoms with E-state index in [9.17, 15) is 4.79 Å². The summed E-state index contributed by atoms with van der Waals surface area (Å²) >= 11 is 1.57. The van der Waals surface area contributed by atoms with E-state index in [0.717, 1.165) is 49.3 Å². The smallest absolute Gasteiger partial charge is 0.228 e. The lowest BCUT2D eigenvalue weighted by atomic mass is 10.1. The van der Waals surface area contributed by atoms with Crippen LogP contribution in [0.5, 0.6) is 0 Å². The van der Waals surface area contributed by atoms with Crippen LogP contribution in [0.2, 0.25) is 0 Å². The average molecular weight is 307 g/mol. The second-order valence-corrected chi connectivity index (χ2v) is 7.08. The van der Waals surface area contributed by atoms with E-state index in [-0.39, 0.29) is 5.91 Å². The third-order valence-corrected chi connectivity index (χ3v) is 5.82. The first-order valence-electron chi connectivity index (χ1n) is 7.94. The zero-order valence-corrected chi connectivity index (χ0v) is 13.0. The molecule has 114 valence electrons. The monoisotopic (exact) mass is 307 g/mol. The van der Waals surface area contributed by atoms with Gasteiger partial charge in [-0.3, -0.25) is 14.6 Å². The van der Waals surface area contributed by atoms with Crippen LogP contribution < -0.4 is 9.80 Å². The SMILES string of the molecule is O=C1CCCCN1c1nnc(N2CCN3CCCC3C2)s1. The summed E-state index contributed by atoms with van der Waals surface area (Å²) in [5.41, 5.74) is 0. The molecule has 0 saturated carbocycles. The Kier molecular flexibility index (Phi) is 3.54. The van der Waals surface area contributed by atoms with Gasteiger partial charge in [0.1, 0.15) is 0 Å². The summed E-state index contributed by atoms with van der Waals surface area (Å²) in [7, 11) is 0. The van der Waals surface area contributed by atoms with Gasteiger partial charge in [-0.25, -0.2) is 0 Å². The number of rotatable bonds is 2. The Morgan fingerprint density at radius 3 is 2.81 bits per heavy atom. The van der Waals surface area contributed by atoms with Crippen LogP contribution in [-0.2, 0) is 4.79 Å². The molecule has 0 radical (unpaired) electrons. The predicted molar refractivity (Wildman–Crippen MR) is 82.9 cm³/mol. The van der Waals surface area contributed by atoms with Crippen LogP contribution in [0.25, 0.3) is 0 Å². The quantitative estimate of drug-likeness (QED) is 0.825. The van der Waals surface area contributed by atoms with Crippen molar-refractivity contribution in [2.24, 2.45) is 0 Å². The summed E-state index contributed by atoms with van der Waals surface area (Å²) in [5, 5.41) is 10.4. The third kappa shape index (κ3) is 2.53. The largest absolute Gasteiger partial charge is 0.344 e. The number of hydrogen-bond donors (Lipinski definition) is 0. The van der Waals surface area contributed by atoms with Crippen molar-refractivity contribution in [1.29, 1.82) is 0 Å². The highest BCUT2D eigenvalue weighted by molar-refractivity contribution is 7.19. The molecule has 0 spiro atoms. The van der Waals surface area contributed by atoms with Gasteiger partial charge in [0.15, 0.2) is 0 Å². The Hall–Kier alpha value is -1.21. The minimum absolute atomic E-state index is 0.199. The topological polar surface area (TPSA) is 52.6 Å². The molecule has 1 atom stereocenters. The van der Waals surface area contributed by atoms with Gasteiger partial charge in [-0.1, -0.05) is 11.3 Å². The fourth-order valence-corrected chi connectivity index (χ4v) is 4.54. The molecule has 7 heteroatoms. The summed E-state index contributed by atoms with van der Waals surface area (Å²) < 4.78 is 0. The van der Waals surface area contributed by atoms with Crippen molar-refractivity contribution in [1.82, 2.24) is 15.1 Å². The standard InChI is InChI=1S/C14H21N5OS/c20-12-5-1-2-7-19(12)14-16-15-13(21-14)18-9-8-17-6-3-4-11(17)10-18/h11H,1-10H2. The molecule has 4 rings (SSSR count). The molecule has 3 aliphatic rings. The van der Waals surface area contributed by atoms with E-state index in [1.807, 2.05) is 4.90 Å². The molecule has 6 nitrogen and oxygen atoms in total. The van der Waals surface area contributed by atoms with Gasteiger partial charge in [0.25, 0.3) is 0 Å². The van der Waals surface area contributed by atoms with Gasteiger partial charge >= 0.3 is 0 Å². The molecule has 0 N–H and O–H groups in total. The Morgan fingerprint density at radius 1 is 1.00 bits per heavy atom. The van der Waals surface area contributed by atoms with Crippen molar-refractivity contribution >= 4 is 27.5 Å². The summed E-state index contributed by atoms with van der Waals surface area (Å²) in [6.45, 7) is 5.26. The average Bonchev–Trinajstić information content (AvgIpc) is 3.16. The molecule has 3 saturated heterocycles. The Morgan fingerprint density at radius 2 is 1.90 bits per heavy atom. The van der Waals surface area contributed by atoms with E-state index in [1.54, 1.807) is 11.3 Å². The molecule has 0 aromatic carbocycles. The summed E-state index contributed by atoms with van der Waals surface area (Å²) in [4.78, 5) is 18.7. The number of carbonyl (C=O) groups is 1. The van der Waals surface area contributed by atoms with Crippen LogP contribution in [0.3, 0.4) is 0 Å². The van der Waals surface area contributed by atoms with E-state index >= 15 is 0 Å². The van der Waals surface area contributed by atoms with Gasteiger partial charge in [-0.05, 0) is 32.2 Å². The van der Waals surface area contributed by atoms with E-state index in [4.69, 9.17) is 0 Å². The first kappa shape index (κ1) is 13.5. The number of hydrogen-bond acceptors (Lipinski definition) is 6. The number of aromatic nitrogens is 2. The first-order chi connectivity index (χ1) is 10.3. The summed E-state index contributed by atoms with van der Waals surface area (Å²) in [6, 6.07) is 0.683. The number of piperazine rings is 1. The third-order valence-electron chi connectivity index (χ3n) is 4.82. The van der Waals surface area contributed by atoms with Gasteiger partial charge in [0.2, 0.25) is 16.2 Å². The van der Waals surface area contributed by atoms with Gasteiger partial charge in [-0.2, -0.15) is 0 Å². The number of anilines is 2. The summed E-state index contributed by atoms with van der Waals surface area (Å²) in [6.07, 6.45) is 5.34. The highest BCUT2D eigenvalue weighted by Gasteiger charge is 2.32. The second kappa shape index (κ2) is 5.53. The number of piperidine rings is 1. The molecule has 3 aliphatic heterocycles. The fraction of sp³-hybridized carbons (Fsp3) is 0.786. The van der Waals surface area contributed by atoms with Crippen LogP contribution in [0.1, 0.15) is 32.1 Å². The number of amides is 1. The molecule has 1 aromatic heterocycles. The van der Waals surface area contributed by atoms with Crippen molar-refractivity contribution in [2.45, 2.75) is 38.1 Å². The molecule has 21 heavy (non-hydrogen) atoms. The lowest BCUT2D eigenvalue weighted by molar-refractivity contribution is -0.119.